The second-order valence-electron chi connectivity index (χ2n) is 6.98. The highest BCUT2D eigenvalue weighted by Crippen LogP contribution is 2.25. The van der Waals surface area contributed by atoms with E-state index in [-0.39, 0.29) is 41.7 Å². The van der Waals surface area contributed by atoms with E-state index in [0.717, 1.165) is 51.4 Å². The zero-order valence-electron chi connectivity index (χ0n) is 13.8. The second-order valence-corrected chi connectivity index (χ2v) is 6.98. The van der Waals surface area contributed by atoms with Crippen molar-refractivity contribution in [3.63, 3.8) is 0 Å². The Morgan fingerprint density at radius 2 is 1.62 bits per heavy atom. The first-order chi connectivity index (χ1) is 11.6. The van der Waals surface area contributed by atoms with Crippen LogP contribution in [0.15, 0.2) is 6.33 Å². The minimum absolute atomic E-state index is 0.119. The lowest BCUT2D eigenvalue weighted by atomic mass is 9.85. The van der Waals surface area contributed by atoms with Crippen LogP contribution in [0.4, 0.5) is 0 Å². The minimum Gasteiger partial charge on any atom is -0.353 e. The molecule has 132 valence electrons. The van der Waals surface area contributed by atoms with Gasteiger partial charge in [-0.1, -0.05) is 0 Å². The summed E-state index contributed by atoms with van der Waals surface area (Å²) in [5, 5.41) is 12.4. The van der Waals surface area contributed by atoms with E-state index < -0.39 is 0 Å². The molecule has 2 amide bonds. The van der Waals surface area contributed by atoms with E-state index in [0.29, 0.717) is 0 Å². The molecule has 5 N–H and O–H groups in total. The molecule has 2 saturated carbocycles. The number of nitrogens with two attached hydrogens (primary N) is 1. The quantitative estimate of drug-likeness (QED) is 0.637. The number of nitrogens with one attached hydrogen (secondary N) is 3. The van der Waals surface area contributed by atoms with Crippen LogP contribution in [-0.2, 0) is 4.79 Å². The maximum atomic E-state index is 12.3. The summed E-state index contributed by atoms with van der Waals surface area (Å²) in [4.78, 5) is 28.1. The monoisotopic (exact) mass is 334 g/mol. The average molecular weight is 334 g/mol. The van der Waals surface area contributed by atoms with Crippen LogP contribution < -0.4 is 16.4 Å². The molecule has 0 saturated heterocycles. The number of amides is 2. The Kier molecular flexibility index (Phi) is 5.44. The Morgan fingerprint density at radius 1 is 1.00 bits per heavy atom. The van der Waals surface area contributed by atoms with Crippen LogP contribution in [0.2, 0.25) is 0 Å². The Labute approximate surface area is 141 Å². The normalized spacial score (nSPS) is 30.5. The number of carbonyl (C=O) groups is 2. The number of carbonyl (C=O) groups excluding carboxylic acids is 2. The van der Waals surface area contributed by atoms with E-state index in [2.05, 4.69) is 25.8 Å². The smallest absolute Gasteiger partial charge is 0.288 e. The number of H-pyrrole nitrogens is 1. The molecule has 0 aromatic carbocycles. The molecule has 0 unspecified atom stereocenters. The van der Waals surface area contributed by atoms with Gasteiger partial charge in [-0.2, -0.15) is 5.10 Å². The van der Waals surface area contributed by atoms with E-state index in [1.807, 2.05) is 0 Å². The van der Waals surface area contributed by atoms with Crippen LogP contribution in [-0.4, -0.2) is 45.1 Å². The first-order valence-corrected chi connectivity index (χ1v) is 8.84. The number of hydrogen-bond acceptors (Lipinski definition) is 5. The fraction of sp³-hybridized carbons (Fsp3) is 0.750. The molecule has 1 aromatic rings. The van der Waals surface area contributed by atoms with Crippen LogP contribution >= 0.6 is 0 Å². The van der Waals surface area contributed by atoms with Crippen molar-refractivity contribution in [2.24, 2.45) is 11.7 Å². The zero-order valence-corrected chi connectivity index (χ0v) is 13.8. The van der Waals surface area contributed by atoms with Crippen molar-refractivity contribution < 1.29 is 9.59 Å². The van der Waals surface area contributed by atoms with Crippen LogP contribution in [0.3, 0.4) is 0 Å². The van der Waals surface area contributed by atoms with Crippen molar-refractivity contribution in [1.29, 1.82) is 0 Å². The lowest BCUT2D eigenvalue weighted by molar-refractivity contribution is -0.127. The molecule has 0 atom stereocenters. The van der Waals surface area contributed by atoms with Gasteiger partial charge in [-0.25, -0.2) is 4.98 Å². The molecule has 0 aliphatic heterocycles. The van der Waals surface area contributed by atoms with Gasteiger partial charge in [-0.15, -0.1) is 0 Å². The van der Waals surface area contributed by atoms with Crippen LogP contribution in [0.1, 0.15) is 62.0 Å². The molecule has 1 aromatic heterocycles. The Morgan fingerprint density at radius 3 is 2.21 bits per heavy atom. The molecular weight excluding hydrogens is 308 g/mol. The van der Waals surface area contributed by atoms with Crippen LogP contribution in [0, 0.1) is 5.92 Å². The Hall–Kier alpha value is -1.96. The highest BCUT2D eigenvalue weighted by Gasteiger charge is 2.28. The molecule has 1 heterocycles. The number of nitrogens with zero attached hydrogens (tertiary/aromatic N) is 2. The highest BCUT2D eigenvalue weighted by molar-refractivity contribution is 5.90. The minimum atomic E-state index is -0.224. The molecule has 24 heavy (non-hydrogen) atoms. The van der Waals surface area contributed by atoms with Crippen molar-refractivity contribution in [3.8, 4) is 0 Å². The van der Waals surface area contributed by atoms with E-state index in [9.17, 15) is 9.59 Å². The maximum Gasteiger partial charge on any atom is 0.288 e. The number of aromatic nitrogens is 3. The van der Waals surface area contributed by atoms with Gasteiger partial charge in [0.1, 0.15) is 6.33 Å². The zero-order chi connectivity index (χ0) is 16.9. The van der Waals surface area contributed by atoms with Crippen molar-refractivity contribution in [2.75, 3.05) is 0 Å². The van der Waals surface area contributed by atoms with Gasteiger partial charge in [0.2, 0.25) is 11.7 Å². The van der Waals surface area contributed by atoms with E-state index in [1.165, 1.54) is 6.33 Å². The second kappa shape index (κ2) is 7.74. The summed E-state index contributed by atoms with van der Waals surface area (Å²) < 4.78 is 0. The largest absolute Gasteiger partial charge is 0.353 e. The third-order valence-electron chi connectivity index (χ3n) is 5.18. The topological polar surface area (TPSA) is 126 Å². The predicted octanol–water partition coefficient (Wildman–Crippen LogP) is 0.479. The lowest BCUT2D eigenvalue weighted by Gasteiger charge is -2.32. The van der Waals surface area contributed by atoms with E-state index in [1.54, 1.807) is 0 Å². The standard InChI is InChI=1S/C16H26N6O2/c17-11-3-1-10(2-4-11)15(23)20-12-5-7-13(8-6-12)21-16(24)14-18-9-19-22-14/h9-13H,1-8,17H2,(H,20,23)(H,21,24)(H,18,19,22). The molecule has 8 heteroatoms. The summed E-state index contributed by atoms with van der Waals surface area (Å²) in [5.74, 6) is 0.309. The van der Waals surface area contributed by atoms with Crippen molar-refractivity contribution >= 4 is 11.8 Å². The SMILES string of the molecule is NC1CCC(C(=O)NC2CCC(NC(=O)c3ncn[nH]3)CC2)CC1. The summed E-state index contributed by atoms with van der Waals surface area (Å²) in [6.45, 7) is 0. The third kappa shape index (κ3) is 4.31. The highest BCUT2D eigenvalue weighted by atomic mass is 16.2. The summed E-state index contributed by atoms with van der Waals surface area (Å²) >= 11 is 0. The Bertz CT molecular complexity index is 545. The van der Waals surface area contributed by atoms with E-state index >= 15 is 0 Å². The summed E-state index contributed by atoms with van der Waals surface area (Å²) in [7, 11) is 0. The molecule has 8 nitrogen and oxygen atoms in total. The van der Waals surface area contributed by atoms with Gasteiger partial charge >= 0.3 is 0 Å². The summed E-state index contributed by atoms with van der Waals surface area (Å²) in [5.41, 5.74) is 5.89. The first-order valence-electron chi connectivity index (χ1n) is 8.84. The average Bonchev–Trinajstić information content (AvgIpc) is 3.12. The molecule has 0 spiro atoms. The fourth-order valence-corrected chi connectivity index (χ4v) is 3.65. The molecule has 2 fully saturated rings. The number of rotatable bonds is 4. The van der Waals surface area contributed by atoms with Gasteiger partial charge in [0, 0.05) is 24.0 Å². The molecular formula is C16H26N6O2. The van der Waals surface area contributed by atoms with E-state index in [4.69, 9.17) is 5.73 Å². The predicted molar refractivity (Wildman–Crippen MR) is 88.0 cm³/mol. The molecule has 2 aliphatic rings. The lowest BCUT2D eigenvalue weighted by Crippen LogP contribution is -2.46. The first kappa shape index (κ1) is 16.9. The van der Waals surface area contributed by atoms with Crippen molar-refractivity contribution in [1.82, 2.24) is 25.8 Å². The molecule has 0 bridgehead atoms. The van der Waals surface area contributed by atoms with Gasteiger partial charge in [0.15, 0.2) is 0 Å². The summed E-state index contributed by atoms with van der Waals surface area (Å²) in [6, 6.07) is 0.604. The number of aromatic amines is 1. The van der Waals surface area contributed by atoms with Gasteiger partial charge in [-0.3, -0.25) is 14.7 Å². The Balaban J connectivity index is 1.39. The molecule has 2 aliphatic carbocycles. The van der Waals surface area contributed by atoms with Gasteiger partial charge in [-0.05, 0) is 51.4 Å². The van der Waals surface area contributed by atoms with Crippen molar-refractivity contribution in [2.45, 2.75) is 69.5 Å². The summed E-state index contributed by atoms with van der Waals surface area (Å²) in [6.07, 6.45) is 8.50. The van der Waals surface area contributed by atoms with Gasteiger partial charge in [0.25, 0.3) is 5.91 Å². The number of hydrogen-bond donors (Lipinski definition) is 4. The van der Waals surface area contributed by atoms with Crippen LogP contribution in [0.5, 0.6) is 0 Å². The van der Waals surface area contributed by atoms with Crippen LogP contribution in [0.25, 0.3) is 0 Å². The molecule has 0 radical (unpaired) electrons. The molecule has 3 rings (SSSR count). The van der Waals surface area contributed by atoms with Gasteiger partial charge < -0.3 is 16.4 Å². The van der Waals surface area contributed by atoms with Gasteiger partial charge in [0.05, 0.1) is 0 Å². The maximum absolute atomic E-state index is 12.3. The fourth-order valence-electron chi connectivity index (χ4n) is 3.65. The van der Waals surface area contributed by atoms with Crippen molar-refractivity contribution in [3.05, 3.63) is 12.2 Å². The third-order valence-corrected chi connectivity index (χ3v) is 5.18.